The summed E-state index contributed by atoms with van der Waals surface area (Å²) in [6, 6.07) is 8.91. The van der Waals surface area contributed by atoms with Crippen molar-refractivity contribution in [3.8, 4) is 0 Å². The topological polar surface area (TPSA) is 65.1 Å². The van der Waals surface area contributed by atoms with Gasteiger partial charge in [-0.2, -0.15) is 0 Å². The lowest BCUT2D eigenvalue weighted by Gasteiger charge is -2.40. The Labute approximate surface area is 141 Å². The number of hydrogen-bond donors (Lipinski definition) is 0. The number of carbonyl (C=O) groups is 2. The monoisotopic (exact) mass is 333 g/mol. The minimum Gasteiger partial charge on any atom is -0.469 e. The quantitative estimate of drug-likeness (QED) is 0.778. The number of benzene rings is 1. The largest absolute Gasteiger partial charge is 0.469 e. The smallest absolute Gasteiger partial charge is 0.338 e. The lowest BCUT2D eigenvalue weighted by Crippen LogP contribution is -2.54. The normalized spacial score (nSPS) is 32.4. The second kappa shape index (κ2) is 6.91. The highest BCUT2D eigenvalue weighted by molar-refractivity contribution is 5.89. The molecule has 1 unspecified atom stereocenters. The third-order valence-electron chi connectivity index (χ3n) is 5.28. The van der Waals surface area contributed by atoms with Crippen molar-refractivity contribution in [3.05, 3.63) is 35.9 Å². The number of nitrogens with zero attached hydrogens (tertiary/aromatic N) is 1. The molecule has 0 amide bonds. The Morgan fingerprint density at radius 2 is 1.71 bits per heavy atom. The number of ether oxygens (including phenoxy) is 3. The van der Waals surface area contributed by atoms with E-state index < -0.39 is 18.0 Å². The Kier molecular flexibility index (Phi) is 4.87. The molecule has 130 valence electrons. The summed E-state index contributed by atoms with van der Waals surface area (Å²) in [7, 11) is 5.03. The number of carbonyl (C=O) groups excluding carboxylic acids is 2. The van der Waals surface area contributed by atoms with E-state index in [-0.39, 0.29) is 24.2 Å². The fourth-order valence-corrected chi connectivity index (χ4v) is 4.02. The van der Waals surface area contributed by atoms with E-state index in [1.165, 1.54) is 7.11 Å². The Bertz CT molecular complexity index is 605. The van der Waals surface area contributed by atoms with E-state index in [2.05, 4.69) is 4.90 Å². The van der Waals surface area contributed by atoms with Gasteiger partial charge in [-0.1, -0.05) is 18.2 Å². The first-order chi connectivity index (χ1) is 11.6. The molecule has 3 rings (SSSR count). The number of fused-ring (bicyclic) bond motifs is 2. The van der Waals surface area contributed by atoms with Crippen LogP contribution in [0.25, 0.3) is 0 Å². The van der Waals surface area contributed by atoms with E-state index in [0.29, 0.717) is 12.0 Å². The van der Waals surface area contributed by atoms with Crippen molar-refractivity contribution in [2.24, 2.45) is 5.92 Å². The van der Waals surface area contributed by atoms with Gasteiger partial charge in [0.15, 0.2) is 0 Å². The molecule has 6 nitrogen and oxygen atoms in total. The SMILES string of the molecule is COC(=O)[C@@H]1C2C[C@H](OC)[C@H](C[C@@H]1OC(=O)c1ccccc1)N2C. The molecule has 0 spiro atoms. The minimum atomic E-state index is -0.503. The molecule has 2 aliphatic heterocycles. The van der Waals surface area contributed by atoms with E-state index in [1.54, 1.807) is 31.4 Å². The van der Waals surface area contributed by atoms with Crippen molar-refractivity contribution in [1.82, 2.24) is 4.90 Å². The zero-order valence-corrected chi connectivity index (χ0v) is 14.2. The highest BCUT2D eigenvalue weighted by atomic mass is 16.6. The summed E-state index contributed by atoms with van der Waals surface area (Å²) in [6.45, 7) is 0. The van der Waals surface area contributed by atoms with Gasteiger partial charge in [0.25, 0.3) is 0 Å². The summed E-state index contributed by atoms with van der Waals surface area (Å²) in [6.07, 6.45) is 0.824. The Hall–Kier alpha value is -1.92. The predicted molar refractivity (Wildman–Crippen MR) is 86.5 cm³/mol. The highest BCUT2D eigenvalue weighted by Gasteiger charge is 2.55. The zero-order valence-electron chi connectivity index (χ0n) is 14.2. The number of rotatable bonds is 4. The molecule has 6 heteroatoms. The minimum absolute atomic E-state index is 0.0348. The van der Waals surface area contributed by atoms with Crippen LogP contribution in [0.5, 0.6) is 0 Å². The average molecular weight is 333 g/mol. The summed E-state index contributed by atoms with van der Waals surface area (Å²) in [5.41, 5.74) is 0.482. The molecule has 0 N–H and O–H groups in total. The van der Waals surface area contributed by atoms with Crippen LogP contribution in [-0.2, 0) is 19.0 Å². The Morgan fingerprint density at radius 3 is 2.33 bits per heavy atom. The van der Waals surface area contributed by atoms with Crippen molar-refractivity contribution in [2.45, 2.75) is 37.1 Å². The molecule has 24 heavy (non-hydrogen) atoms. The molecule has 2 fully saturated rings. The number of piperidine rings is 1. The lowest BCUT2D eigenvalue weighted by atomic mass is 9.87. The number of likely N-dealkylation sites (N-methyl/N-ethyl adjacent to an activating group) is 1. The molecule has 1 aromatic carbocycles. The molecule has 5 atom stereocenters. The molecule has 0 radical (unpaired) electrons. The summed E-state index contributed by atoms with van der Waals surface area (Å²) in [5.74, 6) is -1.25. The molecule has 0 aromatic heterocycles. The van der Waals surface area contributed by atoms with Gasteiger partial charge in [0.2, 0.25) is 0 Å². The third kappa shape index (κ3) is 2.91. The molecule has 2 saturated heterocycles. The van der Waals surface area contributed by atoms with Gasteiger partial charge in [-0.3, -0.25) is 9.69 Å². The van der Waals surface area contributed by atoms with Crippen LogP contribution in [0.3, 0.4) is 0 Å². The van der Waals surface area contributed by atoms with Gasteiger partial charge < -0.3 is 14.2 Å². The first-order valence-electron chi connectivity index (χ1n) is 8.15. The average Bonchev–Trinajstić information content (AvgIpc) is 2.81. The molecular formula is C18H23NO5. The first-order valence-corrected chi connectivity index (χ1v) is 8.15. The maximum atomic E-state index is 12.4. The van der Waals surface area contributed by atoms with Crippen LogP contribution in [0.2, 0.25) is 0 Å². The number of hydrogen-bond acceptors (Lipinski definition) is 6. The summed E-state index contributed by atoms with van der Waals surface area (Å²) >= 11 is 0. The molecule has 0 aliphatic carbocycles. The van der Waals surface area contributed by atoms with Crippen LogP contribution in [0.1, 0.15) is 23.2 Å². The highest BCUT2D eigenvalue weighted by Crippen LogP contribution is 2.41. The second-order valence-corrected chi connectivity index (χ2v) is 6.40. The van der Waals surface area contributed by atoms with Crippen LogP contribution in [0.4, 0.5) is 0 Å². The predicted octanol–water partition coefficient (Wildman–Crippen LogP) is 1.49. The van der Waals surface area contributed by atoms with Crippen molar-refractivity contribution < 1.29 is 23.8 Å². The molecule has 0 saturated carbocycles. The van der Waals surface area contributed by atoms with Crippen molar-refractivity contribution in [3.63, 3.8) is 0 Å². The molecule has 1 aromatic rings. The molecule has 2 heterocycles. The van der Waals surface area contributed by atoms with E-state index in [1.807, 2.05) is 13.1 Å². The fraction of sp³-hybridized carbons (Fsp3) is 0.556. The van der Waals surface area contributed by atoms with Crippen LogP contribution >= 0.6 is 0 Å². The van der Waals surface area contributed by atoms with Crippen LogP contribution < -0.4 is 0 Å². The molecule has 2 bridgehead atoms. The lowest BCUT2D eigenvalue weighted by molar-refractivity contribution is -0.156. The summed E-state index contributed by atoms with van der Waals surface area (Å²) in [4.78, 5) is 26.9. The van der Waals surface area contributed by atoms with E-state index >= 15 is 0 Å². The Balaban J connectivity index is 1.83. The van der Waals surface area contributed by atoms with Crippen LogP contribution in [0.15, 0.2) is 30.3 Å². The Morgan fingerprint density at radius 1 is 1.04 bits per heavy atom. The first kappa shape index (κ1) is 16.9. The molecule has 2 aliphatic rings. The summed E-state index contributed by atoms with van der Waals surface area (Å²) in [5, 5.41) is 0. The summed E-state index contributed by atoms with van der Waals surface area (Å²) < 4.78 is 16.3. The van der Waals surface area contributed by atoms with Crippen LogP contribution in [-0.4, -0.2) is 62.4 Å². The van der Waals surface area contributed by atoms with E-state index in [4.69, 9.17) is 14.2 Å². The molecular weight excluding hydrogens is 310 g/mol. The van der Waals surface area contributed by atoms with Gasteiger partial charge >= 0.3 is 11.9 Å². The van der Waals surface area contributed by atoms with Crippen molar-refractivity contribution >= 4 is 11.9 Å². The number of esters is 2. The standard InChI is InChI=1S/C18H23NO5/c1-19-12-9-15(24-17(20)11-7-5-4-6-8-11)16(18(21)23-3)13(19)10-14(12)22-2/h4-8,12-16H,9-10H2,1-3H3/t12-,13?,14-,15-,16+/m0/s1. The van der Waals surface area contributed by atoms with Crippen molar-refractivity contribution in [2.75, 3.05) is 21.3 Å². The maximum absolute atomic E-state index is 12.4. The van der Waals surface area contributed by atoms with E-state index in [0.717, 1.165) is 6.42 Å². The second-order valence-electron chi connectivity index (χ2n) is 6.40. The van der Waals surface area contributed by atoms with Gasteiger partial charge in [-0.25, -0.2) is 4.79 Å². The van der Waals surface area contributed by atoms with Crippen molar-refractivity contribution in [1.29, 1.82) is 0 Å². The fourth-order valence-electron chi connectivity index (χ4n) is 4.02. The van der Waals surface area contributed by atoms with Gasteiger partial charge in [0, 0.05) is 25.6 Å². The van der Waals surface area contributed by atoms with Gasteiger partial charge in [0.05, 0.1) is 18.8 Å². The van der Waals surface area contributed by atoms with Crippen LogP contribution in [0, 0.1) is 5.92 Å². The van der Waals surface area contributed by atoms with Gasteiger partial charge in [-0.05, 0) is 25.6 Å². The van der Waals surface area contributed by atoms with E-state index in [9.17, 15) is 9.59 Å². The van der Waals surface area contributed by atoms with Gasteiger partial charge in [0.1, 0.15) is 12.0 Å². The zero-order chi connectivity index (χ0) is 17.3. The number of methoxy groups -OCH3 is 2. The third-order valence-corrected chi connectivity index (χ3v) is 5.28. The maximum Gasteiger partial charge on any atom is 0.338 e. The van der Waals surface area contributed by atoms with Gasteiger partial charge in [-0.15, -0.1) is 0 Å².